The molecule has 0 aliphatic carbocycles. The van der Waals surface area contributed by atoms with Crippen molar-refractivity contribution in [1.82, 2.24) is 0 Å². The van der Waals surface area contributed by atoms with E-state index in [0.29, 0.717) is 19.4 Å². The summed E-state index contributed by atoms with van der Waals surface area (Å²) in [6.45, 7) is 0.330. The minimum absolute atomic E-state index is 0.0226. The molecule has 5 heteroatoms. The summed E-state index contributed by atoms with van der Waals surface area (Å²) in [6.07, 6.45) is -1.65. The predicted molar refractivity (Wildman–Crippen MR) is 66.1 cm³/mol. The maximum atomic E-state index is 10.3. The molecule has 1 spiro atoms. The van der Waals surface area contributed by atoms with Crippen LogP contribution in [0.25, 0.3) is 0 Å². The fraction of sp³-hybridized carbons (Fsp3) is 0.571. The highest BCUT2D eigenvalue weighted by molar-refractivity contribution is 5.35. The van der Waals surface area contributed by atoms with Gasteiger partial charge in [0.2, 0.25) is 5.79 Å². The molecule has 0 aromatic heterocycles. The molecule has 0 radical (unpaired) electrons. The lowest BCUT2D eigenvalue weighted by atomic mass is 9.88. The molecular weight excluding hydrogens is 248 g/mol. The Morgan fingerprint density at radius 2 is 2.05 bits per heavy atom. The van der Waals surface area contributed by atoms with Crippen molar-refractivity contribution in [2.45, 2.75) is 43.5 Å². The molecule has 104 valence electrons. The second-order valence-electron chi connectivity index (χ2n) is 5.11. The Hall–Kier alpha value is -0.980. The minimum Gasteiger partial charge on any atom is -0.396 e. The first-order valence-electron chi connectivity index (χ1n) is 6.54. The molecule has 4 atom stereocenters. The van der Waals surface area contributed by atoms with Crippen LogP contribution < -0.4 is 0 Å². The number of hydrogen-bond donors (Lipinski definition) is 3. The third kappa shape index (κ3) is 1.98. The standard InChI is InChI=1S/C14H18O5/c15-6-5-10-7-12(16)13(17)14(19-10)11-4-2-1-3-9(11)8-18-14/h1-4,10,12-13,15-17H,5-8H2/t10-,12+,13-,14-/m0/s1. The van der Waals surface area contributed by atoms with Crippen LogP contribution in [0.3, 0.4) is 0 Å². The minimum atomic E-state index is -1.30. The summed E-state index contributed by atoms with van der Waals surface area (Å²) in [7, 11) is 0. The summed E-state index contributed by atoms with van der Waals surface area (Å²) < 4.78 is 11.6. The van der Waals surface area contributed by atoms with Gasteiger partial charge in [0.15, 0.2) is 0 Å². The Bertz CT molecular complexity index is 463. The second-order valence-corrected chi connectivity index (χ2v) is 5.11. The van der Waals surface area contributed by atoms with Gasteiger partial charge in [0.25, 0.3) is 0 Å². The fourth-order valence-electron chi connectivity index (χ4n) is 2.93. The van der Waals surface area contributed by atoms with Crippen molar-refractivity contribution in [1.29, 1.82) is 0 Å². The van der Waals surface area contributed by atoms with E-state index in [1.807, 2.05) is 24.3 Å². The van der Waals surface area contributed by atoms with E-state index < -0.39 is 18.0 Å². The maximum absolute atomic E-state index is 10.3. The molecule has 1 aromatic carbocycles. The molecule has 2 heterocycles. The van der Waals surface area contributed by atoms with Crippen LogP contribution in [0.4, 0.5) is 0 Å². The van der Waals surface area contributed by atoms with Crippen molar-refractivity contribution in [3.63, 3.8) is 0 Å². The van der Waals surface area contributed by atoms with Gasteiger partial charge in [0.1, 0.15) is 6.10 Å². The summed E-state index contributed by atoms with van der Waals surface area (Å²) in [5, 5.41) is 29.4. The highest BCUT2D eigenvalue weighted by Crippen LogP contribution is 2.45. The van der Waals surface area contributed by atoms with Crippen LogP contribution in [-0.2, 0) is 21.9 Å². The normalized spacial score (nSPS) is 37.5. The topological polar surface area (TPSA) is 79.2 Å². The third-order valence-electron chi connectivity index (χ3n) is 3.89. The number of aliphatic hydroxyl groups is 3. The molecular formula is C14H18O5. The van der Waals surface area contributed by atoms with E-state index >= 15 is 0 Å². The zero-order valence-electron chi connectivity index (χ0n) is 10.5. The molecule has 1 aromatic rings. The molecule has 3 N–H and O–H groups in total. The Morgan fingerprint density at radius 1 is 1.26 bits per heavy atom. The lowest BCUT2D eigenvalue weighted by molar-refractivity contribution is -0.345. The van der Waals surface area contributed by atoms with Gasteiger partial charge in [-0.2, -0.15) is 0 Å². The first-order valence-corrected chi connectivity index (χ1v) is 6.54. The van der Waals surface area contributed by atoms with E-state index in [1.165, 1.54) is 0 Å². The zero-order chi connectivity index (χ0) is 13.5. The Morgan fingerprint density at radius 3 is 2.84 bits per heavy atom. The predicted octanol–water partition coefficient (Wildman–Crippen LogP) is 0.263. The summed E-state index contributed by atoms with van der Waals surface area (Å²) in [5.41, 5.74) is 1.72. The van der Waals surface area contributed by atoms with E-state index in [2.05, 4.69) is 0 Å². The van der Waals surface area contributed by atoms with E-state index in [4.69, 9.17) is 14.6 Å². The number of benzene rings is 1. The molecule has 1 fully saturated rings. The molecule has 0 unspecified atom stereocenters. The van der Waals surface area contributed by atoms with Crippen molar-refractivity contribution in [2.75, 3.05) is 6.61 Å². The summed E-state index contributed by atoms with van der Waals surface area (Å²) in [6, 6.07) is 7.52. The van der Waals surface area contributed by atoms with Gasteiger partial charge in [0, 0.05) is 18.6 Å². The monoisotopic (exact) mass is 266 g/mol. The van der Waals surface area contributed by atoms with Crippen molar-refractivity contribution in [3.8, 4) is 0 Å². The number of ether oxygens (including phenoxy) is 2. The van der Waals surface area contributed by atoms with Gasteiger partial charge < -0.3 is 24.8 Å². The Kier molecular flexibility index (Phi) is 3.32. The van der Waals surface area contributed by atoms with Gasteiger partial charge >= 0.3 is 0 Å². The summed E-state index contributed by atoms with van der Waals surface area (Å²) >= 11 is 0. The Balaban J connectivity index is 1.97. The van der Waals surface area contributed by atoms with Crippen LogP contribution in [0.1, 0.15) is 24.0 Å². The van der Waals surface area contributed by atoms with Crippen LogP contribution in [0, 0.1) is 0 Å². The van der Waals surface area contributed by atoms with Gasteiger partial charge in [-0.25, -0.2) is 0 Å². The van der Waals surface area contributed by atoms with Crippen LogP contribution in [-0.4, -0.2) is 40.2 Å². The summed E-state index contributed by atoms with van der Waals surface area (Å²) in [4.78, 5) is 0. The van der Waals surface area contributed by atoms with E-state index in [0.717, 1.165) is 11.1 Å². The van der Waals surface area contributed by atoms with Crippen molar-refractivity contribution in [2.24, 2.45) is 0 Å². The molecule has 0 bridgehead atoms. The highest BCUT2D eigenvalue weighted by atomic mass is 16.7. The number of fused-ring (bicyclic) bond motifs is 2. The lowest BCUT2D eigenvalue weighted by Gasteiger charge is -2.44. The summed E-state index contributed by atoms with van der Waals surface area (Å²) in [5.74, 6) is -1.30. The van der Waals surface area contributed by atoms with Gasteiger partial charge in [-0.3, -0.25) is 0 Å². The quantitative estimate of drug-likeness (QED) is 0.715. The molecule has 1 saturated heterocycles. The average molecular weight is 266 g/mol. The van der Waals surface area contributed by atoms with Crippen LogP contribution in [0.15, 0.2) is 24.3 Å². The number of hydrogen-bond acceptors (Lipinski definition) is 5. The zero-order valence-corrected chi connectivity index (χ0v) is 10.5. The van der Waals surface area contributed by atoms with Crippen LogP contribution in [0.2, 0.25) is 0 Å². The Labute approximate surface area is 111 Å². The van der Waals surface area contributed by atoms with Crippen molar-refractivity contribution < 1.29 is 24.8 Å². The molecule has 2 aliphatic heterocycles. The smallest absolute Gasteiger partial charge is 0.225 e. The van der Waals surface area contributed by atoms with Crippen LogP contribution >= 0.6 is 0 Å². The first kappa shape index (κ1) is 13.0. The van der Waals surface area contributed by atoms with Gasteiger partial charge in [-0.1, -0.05) is 24.3 Å². The first-order chi connectivity index (χ1) is 9.17. The van der Waals surface area contributed by atoms with Gasteiger partial charge in [0.05, 0.1) is 18.8 Å². The lowest BCUT2D eigenvalue weighted by Crippen LogP contribution is -2.55. The average Bonchev–Trinajstić information content (AvgIpc) is 2.77. The SMILES string of the molecule is OCC[C@H]1C[C@@H](O)[C@H](O)[C@@]2(OCc3ccccc32)O1. The molecule has 5 nitrogen and oxygen atoms in total. The molecule has 0 saturated carbocycles. The molecule has 0 amide bonds. The number of aliphatic hydroxyl groups excluding tert-OH is 3. The molecule has 2 aliphatic rings. The second kappa shape index (κ2) is 4.85. The van der Waals surface area contributed by atoms with Crippen molar-refractivity contribution in [3.05, 3.63) is 35.4 Å². The van der Waals surface area contributed by atoms with E-state index in [1.54, 1.807) is 0 Å². The van der Waals surface area contributed by atoms with Gasteiger partial charge in [-0.15, -0.1) is 0 Å². The van der Waals surface area contributed by atoms with Crippen LogP contribution in [0.5, 0.6) is 0 Å². The fourth-order valence-corrected chi connectivity index (χ4v) is 2.93. The highest BCUT2D eigenvalue weighted by Gasteiger charge is 2.54. The maximum Gasteiger partial charge on any atom is 0.225 e. The largest absolute Gasteiger partial charge is 0.396 e. The molecule has 3 rings (SSSR count). The molecule has 19 heavy (non-hydrogen) atoms. The number of rotatable bonds is 2. The van der Waals surface area contributed by atoms with E-state index in [-0.39, 0.29) is 12.7 Å². The van der Waals surface area contributed by atoms with Gasteiger partial charge in [-0.05, 0) is 12.0 Å². The third-order valence-corrected chi connectivity index (χ3v) is 3.89. The van der Waals surface area contributed by atoms with E-state index in [9.17, 15) is 10.2 Å². The van der Waals surface area contributed by atoms with Crippen molar-refractivity contribution >= 4 is 0 Å².